The third-order valence-corrected chi connectivity index (χ3v) is 6.13. The monoisotopic (exact) mass is 438 g/mol. The zero-order valence-corrected chi connectivity index (χ0v) is 18.7. The van der Waals surface area contributed by atoms with Gasteiger partial charge in [0.1, 0.15) is 12.1 Å². The van der Waals surface area contributed by atoms with Crippen LogP contribution in [0.5, 0.6) is 0 Å². The first-order chi connectivity index (χ1) is 15.0. The van der Waals surface area contributed by atoms with Gasteiger partial charge in [-0.25, -0.2) is 14.6 Å². The molecule has 1 saturated heterocycles. The molecule has 0 bridgehead atoms. The number of aromatic nitrogens is 4. The molecule has 0 atom stereocenters. The van der Waals surface area contributed by atoms with Gasteiger partial charge in [0, 0.05) is 42.8 Å². The van der Waals surface area contributed by atoms with Crippen molar-refractivity contribution in [2.24, 2.45) is 0 Å². The van der Waals surface area contributed by atoms with E-state index in [-0.39, 0.29) is 5.91 Å². The highest BCUT2D eigenvalue weighted by Crippen LogP contribution is 2.22. The van der Waals surface area contributed by atoms with Crippen molar-refractivity contribution >= 4 is 23.3 Å². The number of nitrogens with zero attached hydrogens (tertiary/aromatic N) is 5. The molecule has 1 fully saturated rings. The molecule has 31 heavy (non-hydrogen) atoms. The molecule has 0 unspecified atom stereocenters. The van der Waals surface area contributed by atoms with Crippen LogP contribution in [0.1, 0.15) is 41.8 Å². The zero-order valence-electron chi connectivity index (χ0n) is 17.9. The molecular formula is C23H27ClN6O. The molecule has 162 valence electrons. The summed E-state index contributed by atoms with van der Waals surface area (Å²) < 4.78 is 1.85. The third kappa shape index (κ3) is 4.88. The Labute approximate surface area is 187 Å². The molecule has 4 rings (SSSR count). The molecule has 3 heterocycles. The van der Waals surface area contributed by atoms with E-state index in [1.807, 2.05) is 48.9 Å². The summed E-state index contributed by atoms with van der Waals surface area (Å²) in [4.78, 5) is 23.5. The van der Waals surface area contributed by atoms with E-state index in [0.29, 0.717) is 24.4 Å². The number of amides is 1. The maximum Gasteiger partial charge on any atom is 0.220 e. The van der Waals surface area contributed by atoms with Gasteiger partial charge in [-0.2, -0.15) is 5.10 Å². The summed E-state index contributed by atoms with van der Waals surface area (Å²) in [6, 6.07) is 9.52. The average Bonchev–Trinajstić information content (AvgIpc) is 3.41. The fourth-order valence-electron chi connectivity index (χ4n) is 3.99. The lowest BCUT2D eigenvalue weighted by Crippen LogP contribution is -2.23. The highest BCUT2D eigenvalue weighted by molar-refractivity contribution is 6.31. The van der Waals surface area contributed by atoms with E-state index in [2.05, 4.69) is 25.3 Å². The molecule has 1 aromatic carbocycles. The topological polar surface area (TPSA) is 75.9 Å². The number of carbonyl (C=O) groups is 1. The normalized spacial score (nSPS) is 13.6. The van der Waals surface area contributed by atoms with Crippen LogP contribution in [0, 0.1) is 13.8 Å². The summed E-state index contributed by atoms with van der Waals surface area (Å²) in [7, 11) is 0. The second kappa shape index (κ2) is 9.47. The molecule has 1 aliphatic rings. The molecule has 0 saturated carbocycles. The van der Waals surface area contributed by atoms with Crippen LogP contribution in [-0.2, 0) is 17.8 Å². The fraction of sp³-hybridized carbons (Fsp3) is 0.391. The van der Waals surface area contributed by atoms with E-state index in [4.69, 9.17) is 11.6 Å². The van der Waals surface area contributed by atoms with Crippen LogP contribution >= 0.6 is 11.6 Å². The minimum atomic E-state index is -0.00942. The molecule has 1 aliphatic heterocycles. The number of nitrogens with one attached hydrogen (secondary N) is 1. The Balaban J connectivity index is 1.42. The summed E-state index contributed by atoms with van der Waals surface area (Å²) in [6.45, 7) is 6.48. The van der Waals surface area contributed by atoms with E-state index in [9.17, 15) is 4.79 Å². The molecule has 2 aromatic heterocycles. The van der Waals surface area contributed by atoms with Gasteiger partial charge in [0.05, 0.1) is 5.69 Å². The zero-order chi connectivity index (χ0) is 21.8. The van der Waals surface area contributed by atoms with Crippen molar-refractivity contribution in [1.29, 1.82) is 0 Å². The lowest BCUT2D eigenvalue weighted by Gasteiger charge is -2.16. The molecule has 0 radical (unpaired) electrons. The van der Waals surface area contributed by atoms with Crippen molar-refractivity contribution in [3.63, 3.8) is 0 Å². The molecule has 7 nitrogen and oxygen atoms in total. The van der Waals surface area contributed by atoms with E-state index < -0.39 is 0 Å². The molecule has 0 aliphatic carbocycles. The number of rotatable bonds is 7. The van der Waals surface area contributed by atoms with Crippen molar-refractivity contribution in [3.05, 3.63) is 64.2 Å². The van der Waals surface area contributed by atoms with Crippen LogP contribution in [0.15, 0.2) is 36.7 Å². The number of hydrogen-bond donors (Lipinski definition) is 1. The summed E-state index contributed by atoms with van der Waals surface area (Å²) in [5, 5.41) is 8.30. The highest BCUT2D eigenvalue weighted by atomic mass is 35.5. The van der Waals surface area contributed by atoms with E-state index >= 15 is 0 Å². The third-order valence-electron chi connectivity index (χ3n) is 5.76. The number of hydrogen-bond acceptors (Lipinski definition) is 5. The molecular weight excluding hydrogens is 412 g/mol. The lowest BCUT2D eigenvalue weighted by molar-refractivity contribution is -0.121. The van der Waals surface area contributed by atoms with Gasteiger partial charge in [-0.15, -0.1) is 0 Å². The van der Waals surface area contributed by atoms with Crippen LogP contribution in [0.2, 0.25) is 5.02 Å². The van der Waals surface area contributed by atoms with Gasteiger partial charge in [-0.05, 0) is 50.3 Å². The maximum atomic E-state index is 12.4. The number of benzene rings is 1. The summed E-state index contributed by atoms with van der Waals surface area (Å²) in [6.07, 6.45) is 5.00. The van der Waals surface area contributed by atoms with Crippen LogP contribution in [0.4, 0.5) is 5.82 Å². The Hall–Kier alpha value is -2.93. The Morgan fingerprint density at radius 1 is 1.13 bits per heavy atom. The van der Waals surface area contributed by atoms with Crippen molar-refractivity contribution in [3.8, 4) is 5.82 Å². The highest BCUT2D eigenvalue weighted by Gasteiger charge is 2.18. The minimum Gasteiger partial charge on any atom is -0.356 e. The van der Waals surface area contributed by atoms with Crippen molar-refractivity contribution < 1.29 is 4.79 Å². The quantitative estimate of drug-likeness (QED) is 0.607. The first-order valence-corrected chi connectivity index (χ1v) is 11.0. The Morgan fingerprint density at radius 3 is 2.65 bits per heavy atom. The minimum absolute atomic E-state index is 0.00942. The second-order valence-electron chi connectivity index (χ2n) is 7.86. The molecule has 8 heteroatoms. The van der Waals surface area contributed by atoms with E-state index in [1.165, 1.54) is 12.8 Å². The Bertz CT molecular complexity index is 1070. The molecule has 1 N–H and O–H groups in total. The summed E-state index contributed by atoms with van der Waals surface area (Å²) >= 11 is 6.16. The largest absolute Gasteiger partial charge is 0.356 e. The van der Waals surface area contributed by atoms with Gasteiger partial charge in [0.25, 0.3) is 0 Å². The Kier molecular flexibility index (Phi) is 6.51. The van der Waals surface area contributed by atoms with E-state index in [0.717, 1.165) is 47.2 Å². The predicted molar refractivity (Wildman–Crippen MR) is 122 cm³/mol. The SMILES string of the molecule is Cc1nn(-c2cc(N3CCCC3)ncn2)c(C)c1CCC(=O)NCc1ccccc1Cl. The number of halogens is 1. The maximum absolute atomic E-state index is 12.4. The number of aryl methyl sites for hydroxylation is 1. The van der Waals surface area contributed by atoms with Crippen LogP contribution in [0.3, 0.4) is 0 Å². The Morgan fingerprint density at radius 2 is 1.87 bits per heavy atom. The van der Waals surface area contributed by atoms with Crippen molar-refractivity contribution in [2.45, 2.75) is 46.1 Å². The molecule has 3 aromatic rings. The summed E-state index contributed by atoms with van der Waals surface area (Å²) in [5.41, 5.74) is 3.91. The van der Waals surface area contributed by atoms with Crippen molar-refractivity contribution in [2.75, 3.05) is 18.0 Å². The van der Waals surface area contributed by atoms with Gasteiger partial charge in [0.15, 0.2) is 5.82 Å². The lowest BCUT2D eigenvalue weighted by atomic mass is 10.1. The number of carbonyl (C=O) groups excluding carboxylic acids is 1. The summed E-state index contributed by atoms with van der Waals surface area (Å²) in [5.74, 6) is 1.69. The molecule has 0 spiro atoms. The smallest absolute Gasteiger partial charge is 0.220 e. The predicted octanol–water partition coefficient (Wildman–Crippen LogP) is 3.78. The van der Waals surface area contributed by atoms with Gasteiger partial charge >= 0.3 is 0 Å². The first kappa shape index (κ1) is 21.3. The second-order valence-corrected chi connectivity index (χ2v) is 8.27. The number of anilines is 1. The van der Waals surface area contributed by atoms with Gasteiger partial charge in [-0.3, -0.25) is 4.79 Å². The fourth-order valence-corrected chi connectivity index (χ4v) is 4.20. The van der Waals surface area contributed by atoms with Gasteiger partial charge in [0.2, 0.25) is 5.91 Å². The average molecular weight is 439 g/mol. The van der Waals surface area contributed by atoms with Crippen molar-refractivity contribution in [1.82, 2.24) is 25.1 Å². The van der Waals surface area contributed by atoms with Crippen LogP contribution in [-0.4, -0.2) is 38.7 Å². The van der Waals surface area contributed by atoms with Gasteiger partial charge in [-0.1, -0.05) is 29.8 Å². The first-order valence-electron chi connectivity index (χ1n) is 10.7. The van der Waals surface area contributed by atoms with Crippen LogP contribution in [0.25, 0.3) is 5.82 Å². The van der Waals surface area contributed by atoms with Gasteiger partial charge < -0.3 is 10.2 Å². The van der Waals surface area contributed by atoms with Crippen LogP contribution < -0.4 is 10.2 Å². The van der Waals surface area contributed by atoms with E-state index in [1.54, 1.807) is 6.33 Å². The molecule has 1 amide bonds. The standard InChI is InChI=1S/C23H27ClN6O/c1-16-19(9-10-23(31)25-14-18-7-3-4-8-20(18)24)17(2)30(28-16)22-13-21(26-15-27-22)29-11-5-6-12-29/h3-4,7-8,13,15H,5-6,9-12,14H2,1-2H3,(H,25,31).